The zero-order valence-electron chi connectivity index (χ0n) is 35.7. The lowest BCUT2D eigenvalue weighted by Crippen LogP contribution is -2.27. The van der Waals surface area contributed by atoms with Gasteiger partial charge in [-0.2, -0.15) is 0 Å². The molecule has 0 aromatic carbocycles. The largest absolute Gasteiger partial charge is 0.457 e. The van der Waals surface area contributed by atoms with E-state index < -0.39 is 6.10 Å². The molecule has 0 rings (SSSR count). The van der Waals surface area contributed by atoms with Crippen LogP contribution in [0.25, 0.3) is 0 Å². The Morgan fingerprint density at radius 1 is 0.463 bits per heavy atom. The van der Waals surface area contributed by atoms with Crippen molar-refractivity contribution in [2.45, 2.75) is 219 Å². The summed E-state index contributed by atoms with van der Waals surface area (Å²) in [6.45, 7) is 5.22. The molecule has 4 nitrogen and oxygen atoms in total. The number of unbranched alkanes of at least 4 members (excludes halogenated alkanes) is 22. The highest BCUT2D eigenvalue weighted by atomic mass is 16.6. The molecule has 0 aromatic rings. The molecule has 0 fully saturated rings. The van der Waals surface area contributed by atoms with Crippen LogP contribution in [0.15, 0.2) is 72.9 Å². The molecule has 0 amide bonds. The van der Waals surface area contributed by atoms with E-state index in [0.717, 1.165) is 51.4 Å². The number of esters is 1. The van der Waals surface area contributed by atoms with Crippen LogP contribution in [-0.2, 0) is 14.3 Å². The summed E-state index contributed by atoms with van der Waals surface area (Å²) in [5, 5.41) is 9.62. The zero-order chi connectivity index (χ0) is 39.1. The van der Waals surface area contributed by atoms with Gasteiger partial charge in [-0.1, -0.05) is 196 Å². The molecule has 4 heteroatoms. The molecule has 0 aromatic heterocycles. The highest BCUT2D eigenvalue weighted by Gasteiger charge is 2.13. The molecule has 0 saturated carbocycles. The summed E-state index contributed by atoms with van der Waals surface area (Å²) in [7, 11) is 0. The molecule has 0 aliphatic rings. The van der Waals surface area contributed by atoms with E-state index in [4.69, 9.17) is 9.47 Å². The first kappa shape index (κ1) is 51.8. The number of hydrogen-bond donors (Lipinski definition) is 1. The van der Waals surface area contributed by atoms with E-state index in [1.54, 1.807) is 0 Å². The Labute approximate surface area is 336 Å². The summed E-state index contributed by atoms with van der Waals surface area (Å²) in [5.74, 6) is -0.210. The lowest BCUT2D eigenvalue weighted by Gasteiger charge is -2.15. The van der Waals surface area contributed by atoms with E-state index in [-0.39, 0.29) is 19.2 Å². The number of carbonyl (C=O) groups excluding carboxylic acids is 1. The van der Waals surface area contributed by atoms with Crippen molar-refractivity contribution in [1.82, 2.24) is 0 Å². The molecular formula is C50H88O4. The van der Waals surface area contributed by atoms with Gasteiger partial charge in [-0.25, -0.2) is 0 Å². The molecule has 0 saturated heterocycles. The van der Waals surface area contributed by atoms with Gasteiger partial charge in [-0.05, 0) is 83.5 Å². The van der Waals surface area contributed by atoms with Gasteiger partial charge >= 0.3 is 5.97 Å². The number of rotatable bonds is 42. The average Bonchev–Trinajstić information content (AvgIpc) is 3.18. The van der Waals surface area contributed by atoms with E-state index in [9.17, 15) is 9.90 Å². The van der Waals surface area contributed by atoms with Crippen LogP contribution in [0.3, 0.4) is 0 Å². The van der Waals surface area contributed by atoms with Crippen molar-refractivity contribution in [1.29, 1.82) is 0 Å². The topological polar surface area (TPSA) is 55.8 Å². The SMILES string of the molecule is CC/C=C\C/C=C\C/C=C\C/C=C\C/C=C\CCCCCCCCCCCC(=O)OC(CO)COCCCCCCCC/C=C\CCCCCCCCC. The van der Waals surface area contributed by atoms with Crippen molar-refractivity contribution in [3.8, 4) is 0 Å². The first-order valence-electron chi connectivity index (χ1n) is 23.0. The summed E-state index contributed by atoms with van der Waals surface area (Å²) in [6, 6.07) is 0. The summed E-state index contributed by atoms with van der Waals surface area (Å²) in [4.78, 5) is 12.2. The second kappa shape index (κ2) is 47.0. The van der Waals surface area contributed by atoms with Crippen molar-refractivity contribution in [2.75, 3.05) is 19.8 Å². The maximum Gasteiger partial charge on any atom is 0.306 e. The van der Waals surface area contributed by atoms with Gasteiger partial charge in [0.05, 0.1) is 13.2 Å². The maximum atomic E-state index is 12.2. The third kappa shape index (κ3) is 44.2. The summed E-state index contributed by atoms with van der Waals surface area (Å²) < 4.78 is 11.2. The predicted octanol–water partition coefficient (Wildman–Crippen LogP) is 15.4. The molecule has 0 aliphatic heterocycles. The molecule has 54 heavy (non-hydrogen) atoms. The summed E-state index contributed by atoms with van der Waals surface area (Å²) in [5.41, 5.74) is 0. The molecule has 312 valence electrons. The van der Waals surface area contributed by atoms with E-state index >= 15 is 0 Å². The fraction of sp³-hybridized carbons (Fsp3) is 0.740. The summed E-state index contributed by atoms with van der Waals surface area (Å²) in [6.07, 6.45) is 64.0. The number of allylic oxidation sites excluding steroid dienone is 12. The molecule has 0 heterocycles. The van der Waals surface area contributed by atoms with Crippen LogP contribution in [-0.4, -0.2) is 37.0 Å². The Balaban J connectivity index is 3.47. The number of aliphatic hydroxyl groups is 1. The molecule has 0 aliphatic carbocycles. The third-order valence-corrected chi connectivity index (χ3v) is 9.77. The predicted molar refractivity (Wildman–Crippen MR) is 237 cm³/mol. The number of carbonyl (C=O) groups is 1. The van der Waals surface area contributed by atoms with E-state index in [1.165, 1.54) is 141 Å². The van der Waals surface area contributed by atoms with Gasteiger partial charge < -0.3 is 14.6 Å². The second-order valence-corrected chi connectivity index (χ2v) is 15.1. The Hall–Kier alpha value is -2.17. The number of ether oxygens (including phenoxy) is 2. The molecule has 0 radical (unpaired) electrons. The maximum absolute atomic E-state index is 12.2. The molecule has 1 N–H and O–H groups in total. The quantitative estimate of drug-likeness (QED) is 0.0383. The van der Waals surface area contributed by atoms with Gasteiger partial charge in [-0.15, -0.1) is 0 Å². The fourth-order valence-electron chi connectivity index (χ4n) is 6.35. The summed E-state index contributed by atoms with van der Waals surface area (Å²) >= 11 is 0. The van der Waals surface area contributed by atoms with Crippen LogP contribution in [0.5, 0.6) is 0 Å². The minimum Gasteiger partial charge on any atom is -0.457 e. The van der Waals surface area contributed by atoms with Crippen LogP contribution < -0.4 is 0 Å². The third-order valence-electron chi connectivity index (χ3n) is 9.77. The van der Waals surface area contributed by atoms with Crippen LogP contribution in [0.4, 0.5) is 0 Å². The number of hydrogen-bond acceptors (Lipinski definition) is 4. The smallest absolute Gasteiger partial charge is 0.306 e. The lowest BCUT2D eigenvalue weighted by molar-refractivity contribution is -0.154. The van der Waals surface area contributed by atoms with Crippen LogP contribution in [0.1, 0.15) is 213 Å². The highest BCUT2D eigenvalue weighted by molar-refractivity contribution is 5.69. The molecule has 0 spiro atoms. The van der Waals surface area contributed by atoms with Crippen LogP contribution in [0, 0.1) is 0 Å². The van der Waals surface area contributed by atoms with Crippen molar-refractivity contribution in [2.24, 2.45) is 0 Å². The standard InChI is InChI=1S/C50H88O4/c1-3-5-7-9-11-13-15-17-19-21-22-23-24-25-26-27-28-29-31-33-35-37-39-41-43-45-50(52)54-49(47-51)48-53-46-44-42-40-38-36-34-32-30-20-18-16-14-12-10-8-6-4-2/h5,7,11,13,17,19-20,22-23,25-26,30,49,51H,3-4,6,8-10,12,14-16,18,21,24,27-29,31-48H2,1-2H3/b7-5-,13-11-,19-17-,23-22-,26-25-,30-20-. The van der Waals surface area contributed by atoms with Gasteiger partial charge in [0.15, 0.2) is 0 Å². The second-order valence-electron chi connectivity index (χ2n) is 15.1. The fourth-order valence-corrected chi connectivity index (χ4v) is 6.35. The van der Waals surface area contributed by atoms with E-state index in [2.05, 4.69) is 86.8 Å². The highest BCUT2D eigenvalue weighted by Crippen LogP contribution is 2.13. The molecule has 1 atom stereocenters. The molecule has 0 bridgehead atoms. The van der Waals surface area contributed by atoms with Gasteiger partial charge in [0, 0.05) is 13.0 Å². The Morgan fingerprint density at radius 2 is 0.833 bits per heavy atom. The Bertz CT molecular complexity index is 927. The number of aliphatic hydroxyl groups excluding tert-OH is 1. The van der Waals surface area contributed by atoms with Crippen molar-refractivity contribution in [3.63, 3.8) is 0 Å². The van der Waals surface area contributed by atoms with Crippen molar-refractivity contribution in [3.05, 3.63) is 72.9 Å². The van der Waals surface area contributed by atoms with E-state index in [0.29, 0.717) is 13.0 Å². The monoisotopic (exact) mass is 753 g/mol. The van der Waals surface area contributed by atoms with E-state index in [1.807, 2.05) is 0 Å². The minimum atomic E-state index is -0.544. The normalized spacial score (nSPS) is 13.0. The van der Waals surface area contributed by atoms with Crippen molar-refractivity contribution < 1.29 is 19.4 Å². The van der Waals surface area contributed by atoms with Crippen LogP contribution >= 0.6 is 0 Å². The van der Waals surface area contributed by atoms with Crippen LogP contribution in [0.2, 0.25) is 0 Å². The van der Waals surface area contributed by atoms with Crippen molar-refractivity contribution >= 4 is 5.97 Å². The molecule has 1 unspecified atom stereocenters. The van der Waals surface area contributed by atoms with Gasteiger partial charge in [-0.3, -0.25) is 4.79 Å². The minimum absolute atomic E-state index is 0.179. The van der Waals surface area contributed by atoms with Gasteiger partial charge in [0.2, 0.25) is 0 Å². The lowest BCUT2D eigenvalue weighted by atomic mass is 10.1. The average molecular weight is 753 g/mol. The molecular weight excluding hydrogens is 665 g/mol. The first-order chi connectivity index (χ1) is 26.7. The Morgan fingerprint density at radius 3 is 1.28 bits per heavy atom. The van der Waals surface area contributed by atoms with Gasteiger partial charge in [0.1, 0.15) is 6.10 Å². The van der Waals surface area contributed by atoms with Gasteiger partial charge in [0.25, 0.3) is 0 Å². The Kier molecular flexibility index (Phi) is 45.1. The zero-order valence-corrected chi connectivity index (χ0v) is 35.7. The first-order valence-corrected chi connectivity index (χ1v) is 23.0.